The summed E-state index contributed by atoms with van der Waals surface area (Å²) in [6.07, 6.45) is 1.76. The van der Waals surface area contributed by atoms with Crippen molar-refractivity contribution in [1.82, 2.24) is 4.98 Å². The molecule has 0 saturated heterocycles. The van der Waals surface area contributed by atoms with Crippen molar-refractivity contribution in [1.29, 1.82) is 0 Å². The van der Waals surface area contributed by atoms with Crippen LogP contribution in [0, 0.1) is 6.92 Å². The zero-order valence-electron chi connectivity index (χ0n) is 11.3. The fourth-order valence-corrected chi connectivity index (χ4v) is 3.38. The number of hydrogen-bond acceptors (Lipinski definition) is 3. The molecule has 0 spiro atoms. The van der Waals surface area contributed by atoms with Crippen molar-refractivity contribution in [2.45, 2.75) is 12.8 Å². The van der Waals surface area contributed by atoms with E-state index in [1.165, 1.54) is 10.1 Å². The van der Waals surface area contributed by atoms with E-state index in [1.54, 1.807) is 24.6 Å². The zero-order chi connectivity index (χ0) is 14.1. The summed E-state index contributed by atoms with van der Waals surface area (Å²) >= 11 is 7.67. The number of methoxy groups -OCH3 is 1. The van der Waals surface area contributed by atoms with Crippen molar-refractivity contribution in [2.75, 3.05) is 7.11 Å². The van der Waals surface area contributed by atoms with Gasteiger partial charge in [-0.3, -0.25) is 4.98 Å². The first kappa shape index (κ1) is 13.4. The van der Waals surface area contributed by atoms with E-state index in [0.29, 0.717) is 5.88 Å². The van der Waals surface area contributed by atoms with Gasteiger partial charge < -0.3 is 4.74 Å². The molecule has 0 saturated carbocycles. The minimum Gasteiger partial charge on any atom is -0.495 e. The molecule has 20 heavy (non-hydrogen) atoms. The Morgan fingerprint density at radius 2 is 2.15 bits per heavy atom. The highest BCUT2D eigenvalue weighted by molar-refractivity contribution is 7.17. The van der Waals surface area contributed by atoms with Gasteiger partial charge in [0.15, 0.2) is 0 Å². The van der Waals surface area contributed by atoms with Crippen molar-refractivity contribution in [3.05, 3.63) is 47.0 Å². The Labute approximate surface area is 127 Å². The molecule has 0 radical (unpaired) electrons. The Balaban J connectivity index is 2.18. The monoisotopic (exact) mass is 303 g/mol. The molecule has 0 aliphatic rings. The maximum atomic E-state index is 5.93. The number of fused-ring (bicyclic) bond motifs is 1. The van der Waals surface area contributed by atoms with Gasteiger partial charge in [-0.2, -0.15) is 0 Å². The molecule has 0 atom stereocenters. The second kappa shape index (κ2) is 5.43. The molecule has 3 aromatic rings. The Bertz CT molecular complexity index is 766. The second-order valence-corrected chi connectivity index (χ2v) is 5.83. The van der Waals surface area contributed by atoms with E-state index in [4.69, 9.17) is 16.3 Å². The first-order valence-electron chi connectivity index (χ1n) is 6.30. The van der Waals surface area contributed by atoms with Crippen LogP contribution in [0.3, 0.4) is 0 Å². The Hall–Kier alpha value is -1.58. The van der Waals surface area contributed by atoms with Crippen molar-refractivity contribution in [3.8, 4) is 17.0 Å². The standard InChI is InChI=1S/C16H14ClNOS/c1-10-5-12(19-2)8-18-16(10)14-9-20-15-4-3-11(7-17)6-13(14)15/h3-6,8-9H,7H2,1-2H3. The molecule has 102 valence electrons. The Morgan fingerprint density at radius 1 is 1.30 bits per heavy atom. The molecule has 2 aromatic heterocycles. The predicted octanol–water partition coefficient (Wildman–Crippen LogP) is 5.02. The smallest absolute Gasteiger partial charge is 0.137 e. The number of ether oxygens (including phenoxy) is 1. The number of alkyl halides is 1. The molecule has 0 amide bonds. The molecule has 2 nitrogen and oxygen atoms in total. The van der Waals surface area contributed by atoms with Crippen molar-refractivity contribution in [3.63, 3.8) is 0 Å². The average molecular weight is 304 g/mol. The topological polar surface area (TPSA) is 22.1 Å². The lowest BCUT2D eigenvalue weighted by molar-refractivity contribution is 0.412. The van der Waals surface area contributed by atoms with Gasteiger partial charge in [-0.1, -0.05) is 6.07 Å². The first-order valence-corrected chi connectivity index (χ1v) is 7.71. The lowest BCUT2D eigenvalue weighted by atomic mass is 10.0. The van der Waals surface area contributed by atoms with Gasteiger partial charge in [0.1, 0.15) is 5.75 Å². The molecule has 0 N–H and O–H groups in total. The van der Waals surface area contributed by atoms with Gasteiger partial charge in [-0.25, -0.2) is 0 Å². The summed E-state index contributed by atoms with van der Waals surface area (Å²) in [6.45, 7) is 2.06. The van der Waals surface area contributed by atoms with Crippen LogP contribution in [0.4, 0.5) is 0 Å². The van der Waals surface area contributed by atoms with Gasteiger partial charge in [0.2, 0.25) is 0 Å². The highest BCUT2D eigenvalue weighted by Crippen LogP contribution is 2.35. The summed E-state index contributed by atoms with van der Waals surface area (Å²) in [5.41, 5.74) is 4.41. The number of thiophene rings is 1. The van der Waals surface area contributed by atoms with E-state index in [-0.39, 0.29) is 0 Å². The van der Waals surface area contributed by atoms with Crippen LogP contribution in [-0.4, -0.2) is 12.1 Å². The molecule has 0 fully saturated rings. The fraction of sp³-hybridized carbons (Fsp3) is 0.188. The molecule has 3 rings (SSSR count). The predicted molar refractivity (Wildman–Crippen MR) is 85.9 cm³/mol. The van der Waals surface area contributed by atoms with E-state index < -0.39 is 0 Å². The van der Waals surface area contributed by atoms with Gasteiger partial charge >= 0.3 is 0 Å². The number of rotatable bonds is 3. The third-order valence-electron chi connectivity index (χ3n) is 3.34. The summed E-state index contributed by atoms with van der Waals surface area (Å²) < 4.78 is 6.47. The van der Waals surface area contributed by atoms with Gasteiger partial charge in [-0.15, -0.1) is 22.9 Å². The van der Waals surface area contributed by atoms with Crippen LogP contribution in [0.2, 0.25) is 0 Å². The fourth-order valence-electron chi connectivity index (χ4n) is 2.29. The van der Waals surface area contributed by atoms with Crippen LogP contribution >= 0.6 is 22.9 Å². The van der Waals surface area contributed by atoms with E-state index in [9.17, 15) is 0 Å². The van der Waals surface area contributed by atoms with Gasteiger partial charge in [0.25, 0.3) is 0 Å². The molecular formula is C16H14ClNOS. The minimum absolute atomic E-state index is 0.528. The first-order chi connectivity index (χ1) is 9.72. The molecule has 1 aromatic carbocycles. The number of halogens is 1. The van der Waals surface area contributed by atoms with Crippen LogP contribution in [0.25, 0.3) is 21.3 Å². The lowest BCUT2D eigenvalue weighted by Gasteiger charge is -2.07. The maximum Gasteiger partial charge on any atom is 0.137 e. The third kappa shape index (κ3) is 2.28. The van der Waals surface area contributed by atoms with Crippen molar-refractivity contribution < 1.29 is 4.74 Å². The van der Waals surface area contributed by atoms with Crippen molar-refractivity contribution >= 4 is 33.0 Å². The highest BCUT2D eigenvalue weighted by Gasteiger charge is 2.11. The molecule has 0 aliphatic heterocycles. The maximum absolute atomic E-state index is 5.93. The zero-order valence-corrected chi connectivity index (χ0v) is 12.9. The van der Waals surface area contributed by atoms with Gasteiger partial charge in [-0.05, 0) is 36.2 Å². The average Bonchev–Trinajstić information content (AvgIpc) is 2.89. The summed E-state index contributed by atoms with van der Waals surface area (Å²) in [7, 11) is 1.66. The van der Waals surface area contributed by atoms with Gasteiger partial charge in [0, 0.05) is 26.9 Å². The highest BCUT2D eigenvalue weighted by atomic mass is 35.5. The molecule has 4 heteroatoms. The molecule has 0 bridgehead atoms. The van der Waals surface area contributed by atoms with Crippen LogP contribution in [0.15, 0.2) is 35.8 Å². The minimum atomic E-state index is 0.528. The van der Waals surface area contributed by atoms with E-state index in [1.807, 2.05) is 6.07 Å². The Kier molecular flexibility index (Phi) is 3.64. The number of pyridine rings is 1. The quantitative estimate of drug-likeness (QED) is 0.634. The largest absolute Gasteiger partial charge is 0.495 e. The van der Waals surface area contributed by atoms with Crippen LogP contribution in [0.1, 0.15) is 11.1 Å². The van der Waals surface area contributed by atoms with Crippen LogP contribution in [0.5, 0.6) is 5.75 Å². The van der Waals surface area contributed by atoms with E-state index in [2.05, 4.69) is 35.5 Å². The summed E-state index contributed by atoms with van der Waals surface area (Å²) in [4.78, 5) is 4.55. The second-order valence-electron chi connectivity index (χ2n) is 4.65. The van der Waals surface area contributed by atoms with E-state index >= 15 is 0 Å². The van der Waals surface area contributed by atoms with Crippen molar-refractivity contribution in [2.24, 2.45) is 0 Å². The number of aryl methyl sites for hydroxylation is 1. The molecule has 0 unspecified atom stereocenters. The number of benzene rings is 1. The van der Waals surface area contributed by atoms with E-state index in [0.717, 1.165) is 28.1 Å². The number of nitrogens with zero attached hydrogens (tertiary/aromatic N) is 1. The summed E-state index contributed by atoms with van der Waals surface area (Å²) in [5.74, 6) is 1.31. The molecule has 0 aliphatic carbocycles. The lowest BCUT2D eigenvalue weighted by Crippen LogP contribution is -1.90. The summed E-state index contributed by atoms with van der Waals surface area (Å²) in [6, 6.07) is 8.36. The van der Waals surface area contributed by atoms with Crippen LogP contribution in [-0.2, 0) is 5.88 Å². The third-order valence-corrected chi connectivity index (χ3v) is 4.61. The SMILES string of the molecule is COc1cnc(-c2csc3ccc(CCl)cc23)c(C)c1. The van der Waals surface area contributed by atoms with Gasteiger partial charge in [0.05, 0.1) is 19.0 Å². The van der Waals surface area contributed by atoms with Crippen LogP contribution < -0.4 is 4.74 Å². The summed E-state index contributed by atoms with van der Waals surface area (Å²) in [5, 5.41) is 3.37. The number of aromatic nitrogens is 1. The Morgan fingerprint density at radius 3 is 2.85 bits per heavy atom. The normalized spacial score (nSPS) is 10.9. The molecule has 2 heterocycles. The molecular weight excluding hydrogens is 290 g/mol. The number of hydrogen-bond donors (Lipinski definition) is 0.